The maximum Gasteiger partial charge on any atom is 0.109 e. The molecular weight excluding hydrogens is 234 g/mol. The van der Waals surface area contributed by atoms with E-state index in [9.17, 15) is 0 Å². The van der Waals surface area contributed by atoms with Crippen LogP contribution in [0, 0.1) is 5.92 Å². The minimum Gasteiger partial charge on any atom is -0.330 e. The molecule has 3 nitrogen and oxygen atoms in total. The SMILES string of the molecule is CCCn1c(CCC(C)CCN)nc2ccccc21. The number of nitrogens with zero attached hydrogens (tertiary/aromatic N) is 2. The Morgan fingerprint density at radius 2 is 2.05 bits per heavy atom. The fourth-order valence-electron chi connectivity index (χ4n) is 2.59. The smallest absolute Gasteiger partial charge is 0.109 e. The van der Waals surface area contributed by atoms with Crippen LogP contribution in [-0.4, -0.2) is 16.1 Å². The fraction of sp³-hybridized carbons (Fsp3) is 0.562. The molecule has 0 amide bonds. The van der Waals surface area contributed by atoms with E-state index < -0.39 is 0 Å². The second-order valence-electron chi connectivity index (χ2n) is 5.39. The van der Waals surface area contributed by atoms with E-state index in [1.54, 1.807) is 0 Å². The van der Waals surface area contributed by atoms with E-state index in [-0.39, 0.29) is 0 Å². The Kier molecular flexibility index (Phi) is 4.97. The molecule has 19 heavy (non-hydrogen) atoms. The zero-order valence-electron chi connectivity index (χ0n) is 12.1. The summed E-state index contributed by atoms with van der Waals surface area (Å²) in [4.78, 5) is 4.80. The summed E-state index contributed by atoms with van der Waals surface area (Å²) in [5.74, 6) is 1.91. The van der Waals surface area contributed by atoms with Crippen molar-refractivity contribution in [1.29, 1.82) is 0 Å². The lowest BCUT2D eigenvalue weighted by Gasteiger charge is -2.11. The maximum absolute atomic E-state index is 5.62. The van der Waals surface area contributed by atoms with E-state index in [2.05, 4.69) is 42.7 Å². The first-order chi connectivity index (χ1) is 9.26. The summed E-state index contributed by atoms with van der Waals surface area (Å²) < 4.78 is 2.38. The molecule has 0 aliphatic carbocycles. The summed E-state index contributed by atoms with van der Waals surface area (Å²) >= 11 is 0. The highest BCUT2D eigenvalue weighted by Crippen LogP contribution is 2.19. The van der Waals surface area contributed by atoms with Gasteiger partial charge in [0.2, 0.25) is 0 Å². The number of rotatable bonds is 7. The van der Waals surface area contributed by atoms with Crippen LogP contribution in [0.15, 0.2) is 24.3 Å². The van der Waals surface area contributed by atoms with Gasteiger partial charge in [0.1, 0.15) is 5.82 Å². The first kappa shape index (κ1) is 14.1. The van der Waals surface area contributed by atoms with E-state index in [0.29, 0.717) is 5.92 Å². The molecule has 1 unspecified atom stereocenters. The van der Waals surface area contributed by atoms with Crippen molar-refractivity contribution < 1.29 is 0 Å². The summed E-state index contributed by atoms with van der Waals surface area (Å²) in [6.45, 7) is 6.34. The third-order valence-electron chi connectivity index (χ3n) is 3.70. The molecule has 0 saturated heterocycles. The van der Waals surface area contributed by atoms with Crippen LogP contribution in [0.25, 0.3) is 11.0 Å². The molecule has 0 aliphatic rings. The molecule has 0 radical (unpaired) electrons. The topological polar surface area (TPSA) is 43.8 Å². The number of aromatic nitrogens is 2. The Labute approximate surface area is 115 Å². The van der Waals surface area contributed by atoms with Crippen molar-refractivity contribution in [3.8, 4) is 0 Å². The van der Waals surface area contributed by atoms with Crippen LogP contribution >= 0.6 is 0 Å². The minimum atomic E-state index is 0.680. The number of hydrogen-bond acceptors (Lipinski definition) is 2. The highest BCUT2D eigenvalue weighted by Gasteiger charge is 2.11. The van der Waals surface area contributed by atoms with Gasteiger partial charge in [0.15, 0.2) is 0 Å². The quantitative estimate of drug-likeness (QED) is 0.828. The highest BCUT2D eigenvalue weighted by molar-refractivity contribution is 5.75. The lowest BCUT2D eigenvalue weighted by molar-refractivity contribution is 0.486. The summed E-state index contributed by atoms with van der Waals surface area (Å²) in [7, 11) is 0. The monoisotopic (exact) mass is 259 g/mol. The first-order valence-corrected chi connectivity index (χ1v) is 7.40. The Morgan fingerprint density at radius 3 is 2.79 bits per heavy atom. The van der Waals surface area contributed by atoms with Crippen LogP contribution < -0.4 is 5.73 Å². The number of benzene rings is 1. The molecule has 2 aromatic rings. The van der Waals surface area contributed by atoms with Gasteiger partial charge in [-0.25, -0.2) is 4.98 Å². The van der Waals surface area contributed by atoms with Crippen LogP contribution in [-0.2, 0) is 13.0 Å². The van der Waals surface area contributed by atoms with E-state index in [1.165, 1.54) is 17.8 Å². The van der Waals surface area contributed by atoms with Crippen LogP contribution in [0.2, 0.25) is 0 Å². The van der Waals surface area contributed by atoms with Crippen molar-refractivity contribution in [2.75, 3.05) is 6.54 Å². The number of hydrogen-bond donors (Lipinski definition) is 1. The molecule has 0 fully saturated rings. The normalized spacial score (nSPS) is 13.0. The number of imidazole rings is 1. The molecule has 1 heterocycles. The standard InChI is InChI=1S/C16H25N3/c1-3-12-19-15-7-5-4-6-14(15)18-16(19)9-8-13(2)10-11-17/h4-7,13H,3,8-12,17H2,1-2H3. The predicted molar refractivity (Wildman–Crippen MR) is 81.2 cm³/mol. The lowest BCUT2D eigenvalue weighted by atomic mass is 10.0. The van der Waals surface area contributed by atoms with Gasteiger partial charge >= 0.3 is 0 Å². The van der Waals surface area contributed by atoms with Gasteiger partial charge in [0.05, 0.1) is 11.0 Å². The Morgan fingerprint density at radius 1 is 1.26 bits per heavy atom. The van der Waals surface area contributed by atoms with Crippen molar-refractivity contribution in [3.05, 3.63) is 30.1 Å². The molecule has 104 valence electrons. The number of aryl methyl sites for hydroxylation is 2. The van der Waals surface area contributed by atoms with E-state index in [0.717, 1.165) is 37.9 Å². The summed E-state index contributed by atoms with van der Waals surface area (Å²) in [6, 6.07) is 8.43. The molecule has 0 spiro atoms. The van der Waals surface area contributed by atoms with E-state index in [1.807, 2.05) is 0 Å². The van der Waals surface area contributed by atoms with Crippen LogP contribution in [0.4, 0.5) is 0 Å². The van der Waals surface area contributed by atoms with Gasteiger partial charge < -0.3 is 10.3 Å². The van der Waals surface area contributed by atoms with Gasteiger partial charge in [-0.1, -0.05) is 26.0 Å². The number of para-hydroxylation sites is 2. The lowest BCUT2D eigenvalue weighted by Crippen LogP contribution is -2.09. The van der Waals surface area contributed by atoms with Gasteiger partial charge in [-0.3, -0.25) is 0 Å². The minimum absolute atomic E-state index is 0.680. The molecule has 3 heteroatoms. The maximum atomic E-state index is 5.62. The molecule has 1 atom stereocenters. The Balaban J connectivity index is 2.19. The Hall–Kier alpha value is -1.35. The molecule has 0 aliphatic heterocycles. The average molecular weight is 259 g/mol. The molecular formula is C16H25N3. The molecule has 2 N–H and O–H groups in total. The van der Waals surface area contributed by atoms with E-state index >= 15 is 0 Å². The van der Waals surface area contributed by atoms with Crippen molar-refractivity contribution in [2.24, 2.45) is 11.7 Å². The summed E-state index contributed by atoms with van der Waals surface area (Å²) in [5, 5.41) is 0. The van der Waals surface area contributed by atoms with Gasteiger partial charge in [-0.2, -0.15) is 0 Å². The molecule has 0 bridgehead atoms. The van der Waals surface area contributed by atoms with Gasteiger partial charge in [-0.05, 0) is 43.9 Å². The van der Waals surface area contributed by atoms with Crippen molar-refractivity contribution in [1.82, 2.24) is 9.55 Å². The predicted octanol–water partition coefficient (Wildman–Crippen LogP) is 3.36. The van der Waals surface area contributed by atoms with Crippen molar-refractivity contribution >= 4 is 11.0 Å². The highest BCUT2D eigenvalue weighted by atomic mass is 15.1. The molecule has 2 rings (SSSR count). The zero-order valence-corrected chi connectivity index (χ0v) is 12.1. The van der Waals surface area contributed by atoms with Crippen molar-refractivity contribution in [2.45, 2.75) is 46.1 Å². The Bertz CT molecular complexity index is 516. The van der Waals surface area contributed by atoms with E-state index in [4.69, 9.17) is 10.7 Å². The second-order valence-corrected chi connectivity index (χ2v) is 5.39. The fourth-order valence-corrected chi connectivity index (χ4v) is 2.59. The third-order valence-corrected chi connectivity index (χ3v) is 3.70. The summed E-state index contributed by atoms with van der Waals surface area (Å²) in [5.41, 5.74) is 8.01. The summed E-state index contributed by atoms with van der Waals surface area (Å²) in [6.07, 6.45) is 4.47. The first-order valence-electron chi connectivity index (χ1n) is 7.40. The van der Waals surface area contributed by atoms with Crippen LogP contribution in [0.3, 0.4) is 0 Å². The van der Waals surface area contributed by atoms with Gasteiger partial charge in [-0.15, -0.1) is 0 Å². The van der Waals surface area contributed by atoms with Gasteiger partial charge in [0, 0.05) is 13.0 Å². The number of nitrogens with two attached hydrogens (primary N) is 1. The number of fused-ring (bicyclic) bond motifs is 1. The van der Waals surface area contributed by atoms with Gasteiger partial charge in [0.25, 0.3) is 0 Å². The molecule has 0 saturated carbocycles. The molecule has 1 aromatic heterocycles. The average Bonchev–Trinajstić information content (AvgIpc) is 2.76. The largest absolute Gasteiger partial charge is 0.330 e. The van der Waals surface area contributed by atoms with Crippen LogP contribution in [0.5, 0.6) is 0 Å². The molecule has 1 aromatic carbocycles. The van der Waals surface area contributed by atoms with Crippen LogP contribution in [0.1, 0.15) is 38.9 Å². The zero-order chi connectivity index (χ0) is 13.7. The third kappa shape index (κ3) is 3.35. The van der Waals surface area contributed by atoms with Crippen molar-refractivity contribution in [3.63, 3.8) is 0 Å². The second kappa shape index (κ2) is 6.71.